The number of thioether (sulfide) groups is 1. The van der Waals surface area contributed by atoms with E-state index < -0.39 is 16.8 Å². The van der Waals surface area contributed by atoms with Crippen LogP contribution in [-0.2, 0) is 9.59 Å². The second-order valence-electron chi connectivity index (χ2n) is 4.86. The second-order valence-corrected chi connectivity index (χ2v) is 6.61. The largest absolute Gasteiger partial charge is 0.480 e. The smallest absolute Gasteiger partial charge is 0.321 e. The third-order valence-corrected chi connectivity index (χ3v) is 4.17. The van der Waals surface area contributed by atoms with Gasteiger partial charge in [0.05, 0.1) is 0 Å². The molecular weight excluding hydrogens is 240 g/mol. The van der Waals surface area contributed by atoms with Crippen molar-refractivity contribution in [3.8, 4) is 0 Å². The van der Waals surface area contributed by atoms with Gasteiger partial charge in [0.25, 0.3) is 0 Å². The van der Waals surface area contributed by atoms with Crippen LogP contribution in [-0.4, -0.2) is 39.6 Å². The number of carboxylic acid groups (broad SMARTS) is 1. The molecule has 0 radical (unpaired) electrons. The van der Waals surface area contributed by atoms with Gasteiger partial charge in [-0.3, -0.25) is 9.59 Å². The summed E-state index contributed by atoms with van der Waals surface area (Å²) >= 11 is 1.42. The molecule has 0 unspecified atom stereocenters. The SMILES string of the molecule is CC(C)(SCCC(=O)NC1CC1)[C@@H](N)C(=O)O. The lowest BCUT2D eigenvalue weighted by molar-refractivity contribution is -0.139. The van der Waals surface area contributed by atoms with Crippen LogP contribution in [0.5, 0.6) is 0 Å². The maximum Gasteiger partial charge on any atom is 0.321 e. The zero-order chi connectivity index (χ0) is 13.1. The van der Waals surface area contributed by atoms with Crippen LogP contribution in [0, 0.1) is 0 Å². The minimum atomic E-state index is -1.01. The third-order valence-electron chi connectivity index (χ3n) is 2.76. The lowest BCUT2D eigenvalue weighted by Crippen LogP contribution is -2.47. The highest BCUT2D eigenvalue weighted by Crippen LogP contribution is 2.28. The molecule has 1 rings (SSSR count). The Kier molecular flexibility index (Phi) is 4.82. The summed E-state index contributed by atoms with van der Waals surface area (Å²) in [5, 5.41) is 11.7. The molecule has 0 bridgehead atoms. The highest BCUT2D eigenvalue weighted by atomic mass is 32.2. The fourth-order valence-electron chi connectivity index (χ4n) is 1.32. The molecule has 1 amide bonds. The molecular formula is C11H20N2O3S. The highest BCUT2D eigenvalue weighted by molar-refractivity contribution is 8.00. The van der Waals surface area contributed by atoms with Gasteiger partial charge in [0.15, 0.2) is 0 Å². The predicted octanol–water partition coefficient (Wildman–Crippen LogP) is 0.579. The first-order valence-electron chi connectivity index (χ1n) is 5.74. The summed E-state index contributed by atoms with van der Waals surface area (Å²) in [6.45, 7) is 3.57. The van der Waals surface area contributed by atoms with Crippen molar-refractivity contribution in [3.63, 3.8) is 0 Å². The van der Waals surface area contributed by atoms with E-state index in [1.165, 1.54) is 11.8 Å². The lowest BCUT2D eigenvalue weighted by Gasteiger charge is -2.27. The molecule has 17 heavy (non-hydrogen) atoms. The number of rotatable bonds is 7. The molecule has 0 aromatic rings. The number of hydrogen-bond donors (Lipinski definition) is 3. The van der Waals surface area contributed by atoms with Gasteiger partial charge in [-0.15, -0.1) is 0 Å². The molecule has 4 N–H and O–H groups in total. The zero-order valence-corrected chi connectivity index (χ0v) is 11.0. The van der Waals surface area contributed by atoms with Crippen molar-refractivity contribution in [2.45, 2.75) is 49.9 Å². The molecule has 98 valence electrons. The average molecular weight is 260 g/mol. The summed E-state index contributed by atoms with van der Waals surface area (Å²) in [5.41, 5.74) is 5.58. The number of hydrogen-bond acceptors (Lipinski definition) is 4. The Morgan fingerprint density at radius 1 is 1.53 bits per heavy atom. The van der Waals surface area contributed by atoms with Crippen molar-refractivity contribution in [3.05, 3.63) is 0 Å². The Hall–Kier alpha value is -0.750. The van der Waals surface area contributed by atoms with Crippen LogP contribution in [0.1, 0.15) is 33.1 Å². The summed E-state index contributed by atoms with van der Waals surface area (Å²) in [5.74, 6) is -0.378. The summed E-state index contributed by atoms with van der Waals surface area (Å²) in [7, 11) is 0. The number of carbonyl (C=O) groups excluding carboxylic acids is 1. The van der Waals surface area contributed by atoms with Crippen LogP contribution in [0.3, 0.4) is 0 Å². The van der Waals surface area contributed by atoms with Gasteiger partial charge in [-0.1, -0.05) is 0 Å². The number of nitrogens with one attached hydrogen (secondary N) is 1. The van der Waals surface area contributed by atoms with Crippen molar-refractivity contribution in [1.82, 2.24) is 5.32 Å². The summed E-state index contributed by atoms with van der Waals surface area (Å²) in [4.78, 5) is 22.2. The first-order valence-corrected chi connectivity index (χ1v) is 6.73. The Morgan fingerprint density at radius 2 is 2.12 bits per heavy atom. The number of nitrogens with two attached hydrogens (primary N) is 1. The van der Waals surface area contributed by atoms with Crippen molar-refractivity contribution in [1.29, 1.82) is 0 Å². The van der Waals surface area contributed by atoms with Crippen molar-refractivity contribution in [2.24, 2.45) is 5.73 Å². The van der Waals surface area contributed by atoms with E-state index in [1.807, 2.05) is 0 Å². The van der Waals surface area contributed by atoms with E-state index in [-0.39, 0.29) is 5.91 Å². The van der Waals surface area contributed by atoms with E-state index in [2.05, 4.69) is 5.32 Å². The molecule has 0 aromatic carbocycles. The topological polar surface area (TPSA) is 92.4 Å². The molecule has 0 spiro atoms. The number of carbonyl (C=O) groups is 2. The first kappa shape index (κ1) is 14.3. The molecule has 1 saturated carbocycles. The van der Waals surface area contributed by atoms with Gasteiger partial charge in [0, 0.05) is 23.0 Å². The molecule has 1 aliphatic rings. The fraction of sp³-hybridized carbons (Fsp3) is 0.818. The van der Waals surface area contributed by atoms with E-state index >= 15 is 0 Å². The van der Waals surface area contributed by atoms with E-state index in [1.54, 1.807) is 13.8 Å². The predicted molar refractivity (Wildman–Crippen MR) is 67.9 cm³/mol. The van der Waals surface area contributed by atoms with Crippen molar-refractivity contribution >= 4 is 23.6 Å². The monoisotopic (exact) mass is 260 g/mol. The molecule has 1 atom stereocenters. The average Bonchev–Trinajstić information content (AvgIpc) is 2.99. The van der Waals surface area contributed by atoms with Crippen molar-refractivity contribution in [2.75, 3.05) is 5.75 Å². The molecule has 6 heteroatoms. The maximum atomic E-state index is 11.4. The van der Waals surface area contributed by atoms with Gasteiger partial charge < -0.3 is 16.2 Å². The molecule has 0 aliphatic heterocycles. The van der Waals surface area contributed by atoms with Crippen LogP contribution >= 0.6 is 11.8 Å². The standard InChI is InChI=1S/C11H20N2O3S/c1-11(2,9(12)10(15)16)17-6-5-8(14)13-7-3-4-7/h7,9H,3-6,12H2,1-2H3,(H,13,14)(H,15,16)/t9-/m0/s1. The van der Waals surface area contributed by atoms with Crippen LogP contribution < -0.4 is 11.1 Å². The number of amides is 1. The summed E-state index contributed by atoms with van der Waals surface area (Å²) in [6.07, 6.45) is 2.57. The van der Waals surface area contributed by atoms with Crippen molar-refractivity contribution < 1.29 is 14.7 Å². The first-order chi connectivity index (χ1) is 7.83. The van der Waals surface area contributed by atoms with Crippen LogP contribution in [0.25, 0.3) is 0 Å². The molecule has 1 aliphatic carbocycles. The number of carboxylic acids is 1. The quantitative estimate of drug-likeness (QED) is 0.622. The minimum absolute atomic E-state index is 0.0414. The minimum Gasteiger partial charge on any atom is -0.480 e. The molecule has 0 heterocycles. The molecule has 5 nitrogen and oxygen atoms in total. The normalized spacial score (nSPS) is 17.6. The van der Waals surface area contributed by atoms with Crippen LogP contribution in [0.2, 0.25) is 0 Å². The second kappa shape index (κ2) is 5.73. The van der Waals surface area contributed by atoms with E-state index in [0.29, 0.717) is 18.2 Å². The van der Waals surface area contributed by atoms with E-state index in [4.69, 9.17) is 10.8 Å². The zero-order valence-electron chi connectivity index (χ0n) is 10.2. The Balaban J connectivity index is 2.23. The lowest BCUT2D eigenvalue weighted by atomic mass is 10.1. The van der Waals surface area contributed by atoms with E-state index in [0.717, 1.165) is 12.8 Å². The molecule has 0 aromatic heterocycles. The van der Waals surface area contributed by atoms with Gasteiger partial charge in [-0.05, 0) is 26.7 Å². The Labute approximate surface area is 106 Å². The fourth-order valence-corrected chi connectivity index (χ4v) is 2.42. The Morgan fingerprint density at radius 3 is 2.59 bits per heavy atom. The highest BCUT2D eigenvalue weighted by Gasteiger charge is 2.32. The molecule has 0 saturated heterocycles. The van der Waals surface area contributed by atoms with Crippen LogP contribution in [0.15, 0.2) is 0 Å². The number of aliphatic carboxylic acids is 1. The van der Waals surface area contributed by atoms with E-state index in [9.17, 15) is 9.59 Å². The van der Waals surface area contributed by atoms with Gasteiger partial charge >= 0.3 is 5.97 Å². The summed E-state index contributed by atoms with van der Waals surface area (Å²) < 4.78 is -0.564. The molecule has 1 fully saturated rings. The van der Waals surface area contributed by atoms with Gasteiger partial charge in [-0.2, -0.15) is 11.8 Å². The third kappa shape index (κ3) is 4.95. The van der Waals surface area contributed by atoms with Gasteiger partial charge in [-0.25, -0.2) is 0 Å². The summed E-state index contributed by atoms with van der Waals surface area (Å²) in [6, 6.07) is -0.541. The maximum absolute atomic E-state index is 11.4. The van der Waals surface area contributed by atoms with Gasteiger partial charge in [0.2, 0.25) is 5.91 Å². The Bertz CT molecular complexity index is 303. The van der Waals surface area contributed by atoms with Gasteiger partial charge in [0.1, 0.15) is 6.04 Å². The van der Waals surface area contributed by atoms with Crippen LogP contribution in [0.4, 0.5) is 0 Å².